The summed E-state index contributed by atoms with van der Waals surface area (Å²) in [6.07, 6.45) is -4.52. The Hall–Kier alpha value is -2.41. The quantitative estimate of drug-likeness (QED) is 0.742. The van der Waals surface area contributed by atoms with Crippen LogP contribution in [0.25, 0.3) is 11.0 Å². The van der Waals surface area contributed by atoms with Crippen LogP contribution in [0.2, 0.25) is 0 Å². The van der Waals surface area contributed by atoms with E-state index in [4.69, 9.17) is 18.0 Å². The van der Waals surface area contributed by atoms with Crippen molar-refractivity contribution in [2.24, 2.45) is 5.73 Å². The average molecular weight is 335 g/mol. The third kappa shape index (κ3) is 3.05. The minimum Gasteiger partial charge on any atom is -0.389 e. The maximum atomic E-state index is 13.2. The summed E-state index contributed by atoms with van der Waals surface area (Å²) in [6.45, 7) is 0.0625. The first-order chi connectivity index (χ1) is 10.9. The van der Waals surface area contributed by atoms with Gasteiger partial charge in [0.25, 0.3) is 0 Å². The summed E-state index contributed by atoms with van der Waals surface area (Å²) in [7, 11) is 0. The van der Waals surface area contributed by atoms with Gasteiger partial charge < -0.3 is 10.3 Å². The largest absolute Gasteiger partial charge is 0.449 e. The molecular weight excluding hydrogens is 323 g/mol. The second kappa shape index (κ2) is 5.66. The third-order valence-corrected chi connectivity index (χ3v) is 3.72. The van der Waals surface area contributed by atoms with Crippen molar-refractivity contribution < 1.29 is 13.2 Å². The topological polar surface area (TPSA) is 43.8 Å². The molecular formula is C16H12F3N3S. The number of halogens is 3. The summed E-state index contributed by atoms with van der Waals surface area (Å²) in [5, 5.41) is 0. The summed E-state index contributed by atoms with van der Waals surface area (Å²) in [5.74, 6) is -0.905. The van der Waals surface area contributed by atoms with Gasteiger partial charge in [0.05, 0.1) is 11.0 Å². The molecule has 0 fully saturated rings. The molecule has 3 rings (SSSR count). The van der Waals surface area contributed by atoms with Crippen LogP contribution < -0.4 is 5.73 Å². The Morgan fingerprint density at radius 2 is 1.74 bits per heavy atom. The molecule has 0 saturated heterocycles. The fourth-order valence-corrected chi connectivity index (χ4v) is 2.55. The number of benzene rings is 2. The van der Waals surface area contributed by atoms with E-state index < -0.39 is 12.0 Å². The van der Waals surface area contributed by atoms with E-state index in [0.29, 0.717) is 22.2 Å². The molecule has 2 N–H and O–H groups in total. The van der Waals surface area contributed by atoms with Crippen LogP contribution in [-0.4, -0.2) is 14.5 Å². The fourth-order valence-electron chi connectivity index (χ4n) is 2.41. The second-order valence-electron chi connectivity index (χ2n) is 5.07. The lowest BCUT2D eigenvalue weighted by atomic mass is 10.1. The van der Waals surface area contributed by atoms with Crippen LogP contribution in [0.3, 0.4) is 0 Å². The number of hydrogen-bond donors (Lipinski definition) is 1. The molecule has 0 spiro atoms. The Labute approximate surface area is 135 Å². The number of imidazole rings is 1. The number of hydrogen-bond acceptors (Lipinski definition) is 2. The number of nitrogens with zero attached hydrogens (tertiary/aromatic N) is 2. The van der Waals surface area contributed by atoms with Crippen LogP contribution in [0.1, 0.15) is 17.0 Å². The molecule has 0 saturated carbocycles. The molecule has 0 unspecified atom stereocenters. The standard InChI is InChI=1S/C16H12F3N3S/c17-16(18,19)15-21-12-3-1-2-4-13(12)22(15)9-10-5-7-11(8-6-10)14(20)23/h1-8H,9H2,(H2,20,23). The van der Waals surface area contributed by atoms with E-state index in [-0.39, 0.29) is 11.5 Å². The minimum absolute atomic E-state index is 0.0625. The lowest BCUT2D eigenvalue weighted by Crippen LogP contribution is -2.15. The number of alkyl halides is 3. The van der Waals surface area contributed by atoms with Crippen molar-refractivity contribution >= 4 is 28.2 Å². The molecule has 0 atom stereocenters. The summed E-state index contributed by atoms with van der Waals surface area (Å²) < 4.78 is 40.9. The number of aromatic nitrogens is 2. The number of thiocarbonyl (C=S) groups is 1. The van der Waals surface area contributed by atoms with Crippen LogP contribution in [0.4, 0.5) is 13.2 Å². The van der Waals surface area contributed by atoms with Gasteiger partial charge in [-0.15, -0.1) is 0 Å². The Kier molecular flexibility index (Phi) is 3.81. The molecule has 118 valence electrons. The normalized spacial score (nSPS) is 11.8. The average Bonchev–Trinajstić information content (AvgIpc) is 2.87. The van der Waals surface area contributed by atoms with E-state index in [9.17, 15) is 13.2 Å². The van der Waals surface area contributed by atoms with E-state index in [1.54, 1.807) is 48.5 Å². The highest BCUT2D eigenvalue weighted by Gasteiger charge is 2.37. The first-order valence-corrected chi connectivity index (χ1v) is 7.18. The first kappa shape index (κ1) is 15.5. The molecule has 0 amide bonds. The van der Waals surface area contributed by atoms with Gasteiger partial charge in [0, 0.05) is 12.1 Å². The van der Waals surface area contributed by atoms with E-state index in [1.807, 2.05) is 0 Å². The van der Waals surface area contributed by atoms with Crippen LogP contribution in [0.15, 0.2) is 48.5 Å². The molecule has 23 heavy (non-hydrogen) atoms. The van der Waals surface area contributed by atoms with E-state index in [1.165, 1.54) is 4.57 Å². The molecule has 7 heteroatoms. The van der Waals surface area contributed by atoms with Gasteiger partial charge in [-0.3, -0.25) is 0 Å². The summed E-state index contributed by atoms with van der Waals surface area (Å²) in [4.78, 5) is 3.97. The van der Waals surface area contributed by atoms with Gasteiger partial charge in [-0.05, 0) is 17.7 Å². The lowest BCUT2D eigenvalue weighted by Gasteiger charge is -2.12. The molecule has 0 aliphatic rings. The van der Waals surface area contributed by atoms with Gasteiger partial charge in [0.15, 0.2) is 0 Å². The molecule has 1 heterocycles. The zero-order valence-corrected chi connectivity index (χ0v) is 12.7. The van der Waals surface area contributed by atoms with Crippen LogP contribution in [0, 0.1) is 0 Å². The lowest BCUT2D eigenvalue weighted by molar-refractivity contribution is -0.146. The predicted octanol–water partition coefficient (Wildman–Crippen LogP) is 3.74. The maximum Gasteiger partial charge on any atom is 0.449 e. The second-order valence-corrected chi connectivity index (χ2v) is 5.51. The molecule has 0 bridgehead atoms. The zero-order valence-electron chi connectivity index (χ0n) is 11.8. The van der Waals surface area contributed by atoms with Gasteiger partial charge in [0.1, 0.15) is 4.99 Å². The molecule has 3 nitrogen and oxygen atoms in total. The van der Waals surface area contributed by atoms with Crippen molar-refractivity contribution in [3.05, 3.63) is 65.5 Å². The van der Waals surface area contributed by atoms with Gasteiger partial charge in [0.2, 0.25) is 5.82 Å². The Balaban J connectivity index is 2.06. The smallest absolute Gasteiger partial charge is 0.389 e. The predicted molar refractivity (Wildman–Crippen MR) is 86.2 cm³/mol. The van der Waals surface area contributed by atoms with Crippen molar-refractivity contribution in [1.29, 1.82) is 0 Å². The SMILES string of the molecule is NC(=S)c1ccc(Cn2c(C(F)(F)F)nc3ccccc32)cc1. The monoisotopic (exact) mass is 335 g/mol. The molecule has 0 aliphatic carbocycles. The molecule has 2 aromatic carbocycles. The number of para-hydroxylation sites is 2. The summed E-state index contributed by atoms with van der Waals surface area (Å²) >= 11 is 4.87. The maximum absolute atomic E-state index is 13.2. The van der Waals surface area contributed by atoms with Crippen LogP contribution in [0.5, 0.6) is 0 Å². The molecule has 3 aromatic rings. The van der Waals surface area contributed by atoms with Crippen molar-refractivity contribution in [2.45, 2.75) is 12.7 Å². The molecule has 0 radical (unpaired) electrons. The van der Waals surface area contributed by atoms with E-state index in [2.05, 4.69) is 4.98 Å². The van der Waals surface area contributed by atoms with E-state index >= 15 is 0 Å². The highest BCUT2D eigenvalue weighted by atomic mass is 32.1. The van der Waals surface area contributed by atoms with Crippen molar-refractivity contribution in [3.8, 4) is 0 Å². The third-order valence-electron chi connectivity index (χ3n) is 3.49. The number of nitrogens with two attached hydrogens (primary N) is 1. The minimum atomic E-state index is -4.52. The molecule has 0 aliphatic heterocycles. The first-order valence-electron chi connectivity index (χ1n) is 6.77. The Morgan fingerprint density at radius 1 is 1.09 bits per heavy atom. The summed E-state index contributed by atoms with van der Waals surface area (Å²) in [5.41, 5.74) is 7.67. The zero-order chi connectivity index (χ0) is 16.6. The van der Waals surface area contributed by atoms with Crippen molar-refractivity contribution in [3.63, 3.8) is 0 Å². The molecule has 1 aromatic heterocycles. The fraction of sp³-hybridized carbons (Fsp3) is 0.125. The Morgan fingerprint density at radius 3 is 2.35 bits per heavy atom. The van der Waals surface area contributed by atoms with Gasteiger partial charge in [-0.25, -0.2) is 4.98 Å². The summed E-state index contributed by atoms with van der Waals surface area (Å²) in [6, 6.07) is 13.4. The Bertz CT molecular complexity index is 866. The van der Waals surface area contributed by atoms with Crippen LogP contribution >= 0.6 is 12.2 Å². The number of fused-ring (bicyclic) bond motifs is 1. The highest BCUT2D eigenvalue weighted by Crippen LogP contribution is 2.32. The van der Waals surface area contributed by atoms with Crippen molar-refractivity contribution in [2.75, 3.05) is 0 Å². The van der Waals surface area contributed by atoms with Gasteiger partial charge >= 0.3 is 6.18 Å². The van der Waals surface area contributed by atoms with Crippen molar-refractivity contribution in [1.82, 2.24) is 9.55 Å². The van der Waals surface area contributed by atoms with Gasteiger partial charge in [-0.2, -0.15) is 13.2 Å². The van der Waals surface area contributed by atoms with Gasteiger partial charge in [-0.1, -0.05) is 48.6 Å². The van der Waals surface area contributed by atoms with E-state index in [0.717, 1.165) is 0 Å². The highest BCUT2D eigenvalue weighted by molar-refractivity contribution is 7.80. The number of rotatable bonds is 3. The van der Waals surface area contributed by atoms with Crippen LogP contribution in [-0.2, 0) is 12.7 Å².